The van der Waals surface area contributed by atoms with Gasteiger partial charge >= 0.3 is 0 Å². The Balaban J connectivity index is 2.11. The molecular formula is C16H9FN2S. The van der Waals surface area contributed by atoms with E-state index in [2.05, 4.69) is 11.1 Å². The molecule has 0 atom stereocenters. The third-order valence-electron chi connectivity index (χ3n) is 2.85. The van der Waals surface area contributed by atoms with Crippen LogP contribution in [-0.2, 0) is 0 Å². The Bertz CT molecular complexity index is 824. The second kappa shape index (κ2) is 5.32. The quantitative estimate of drug-likeness (QED) is 0.698. The van der Waals surface area contributed by atoms with Gasteiger partial charge in [0.15, 0.2) is 0 Å². The highest BCUT2D eigenvalue weighted by molar-refractivity contribution is 7.99. The van der Waals surface area contributed by atoms with Gasteiger partial charge in [-0.15, -0.1) is 0 Å². The Morgan fingerprint density at radius 2 is 1.80 bits per heavy atom. The van der Waals surface area contributed by atoms with Crippen molar-refractivity contribution in [3.05, 3.63) is 66.0 Å². The fraction of sp³-hybridized carbons (Fsp3) is 0. The maximum absolute atomic E-state index is 13.7. The molecule has 0 amide bonds. The minimum Gasteiger partial charge on any atom is -0.240 e. The number of hydrogen-bond acceptors (Lipinski definition) is 3. The first-order valence-electron chi connectivity index (χ1n) is 6.00. The van der Waals surface area contributed by atoms with Crippen molar-refractivity contribution in [1.82, 2.24) is 4.98 Å². The fourth-order valence-corrected chi connectivity index (χ4v) is 2.77. The minimum atomic E-state index is -0.309. The van der Waals surface area contributed by atoms with Crippen LogP contribution >= 0.6 is 11.8 Å². The number of hydrogen-bond donors (Lipinski definition) is 0. The molecule has 0 bridgehead atoms. The Labute approximate surface area is 119 Å². The van der Waals surface area contributed by atoms with Gasteiger partial charge in [0.1, 0.15) is 16.9 Å². The van der Waals surface area contributed by atoms with Crippen LogP contribution in [0.2, 0.25) is 0 Å². The average Bonchev–Trinajstić information content (AvgIpc) is 2.49. The van der Waals surface area contributed by atoms with E-state index in [1.54, 1.807) is 24.3 Å². The highest BCUT2D eigenvalue weighted by Crippen LogP contribution is 2.32. The van der Waals surface area contributed by atoms with Crippen molar-refractivity contribution >= 4 is 22.7 Å². The Hall–Kier alpha value is -2.38. The van der Waals surface area contributed by atoms with Crippen LogP contribution in [0, 0.1) is 17.1 Å². The highest BCUT2D eigenvalue weighted by Gasteiger charge is 2.10. The summed E-state index contributed by atoms with van der Waals surface area (Å²) in [6.45, 7) is 0. The van der Waals surface area contributed by atoms with Gasteiger partial charge in [-0.05, 0) is 24.3 Å². The molecule has 0 unspecified atom stereocenters. The van der Waals surface area contributed by atoms with E-state index < -0.39 is 0 Å². The second-order valence-electron chi connectivity index (χ2n) is 4.18. The number of rotatable bonds is 2. The predicted molar refractivity (Wildman–Crippen MR) is 77.0 cm³/mol. The van der Waals surface area contributed by atoms with Crippen molar-refractivity contribution < 1.29 is 4.39 Å². The van der Waals surface area contributed by atoms with Gasteiger partial charge in [0.25, 0.3) is 0 Å². The van der Waals surface area contributed by atoms with E-state index in [1.807, 2.05) is 24.3 Å². The molecule has 0 aliphatic heterocycles. The van der Waals surface area contributed by atoms with E-state index in [-0.39, 0.29) is 5.82 Å². The molecule has 0 fully saturated rings. The zero-order valence-corrected chi connectivity index (χ0v) is 11.2. The molecule has 96 valence electrons. The molecule has 2 nitrogen and oxygen atoms in total. The zero-order valence-electron chi connectivity index (χ0n) is 10.4. The average molecular weight is 280 g/mol. The van der Waals surface area contributed by atoms with Crippen molar-refractivity contribution in [3.8, 4) is 6.07 Å². The molecule has 0 spiro atoms. The van der Waals surface area contributed by atoms with Crippen LogP contribution in [0.5, 0.6) is 0 Å². The van der Waals surface area contributed by atoms with E-state index in [9.17, 15) is 9.65 Å². The second-order valence-corrected chi connectivity index (χ2v) is 5.21. The number of aromatic nitrogens is 1. The van der Waals surface area contributed by atoms with Crippen molar-refractivity contribution in [2.45, 2.75) is 9.92 Å². The van der Waals surface area contributed by atoms with Gasteiger partial charge in [-0.1, -0.05) is 42.1 Å². The van der Waals surface area contributed by atoms with Crippen LogP contribution in [0.3, 0.4) is 0 Å². The summed E-state index contributed by atoms with van der Waals surface area (Å²) in [4.78, 5) is 4.92. The number of para-hydroxylation sites is 1. The summed E-state index contributed by atoms with van der Waals surface area (Å²) in [5, 5.41) is 10.7. The third-order valence-corrected chi connectivity index (χ3v) is 3.91. The Morgan fingerprint density at radius 1 is 1.05 bits per heavy atom. The molecule has 1 aromatic heterocycles. The van der Waals surface area contributed by atoms with Crippen molar-refractivity contribution in [2.75, 3.05) is 0 Å². The summed E-state index contributed by atoms with van der Waals surface area (Å²) in [6, 6.07) is 17.9. The number of fused-ring (bicyclic) bond motifs is 1. The molecule has 2 aromatic carbocycles. The number of nitriles is 1. The van der Waals surface area contributed by atoms with Gasteiger partial charge in [-0.25, -0.2) is 9.37 Å². The van der Waals surface area contributed by atoms with Crippen LogP contribution in [0.25, 0.3) is 10.9 Å². The lowest BCUT2D eigenvalue weighted by Gasteiger charge is -2.06. The molecule has 4 heteroatoms. The third kappa shape index (κ3) is 2.36. The summed E-state index contributed by atoms with van der Waals surface area (Å²) in [5.41, 5.74) is 1.25. The van der Waals surface area contributed by atoms with Crippen molar-refractivity contribution in [2.24, 2.45) is 0 Å². The van der Waals surface area contributed by atoms with Crippen LogP contribution in [0.15, 0.2) is 64.5 Å². The van der Waals surface area contributed by atoms with Gasteiger partial charge in [-0.3, -0.25) is 0 Å². The molecular weight excluding hydrogens is 271 g/mol. The summed E-state index contributed by atoms with van der Waals surface area (Å²) in [7, 11) is 0. The van der Waals surface area contributed by atoms with Crippen LogP contribution in [0.4, 0.5) is 4.39 Å². The lowest BCUT2D eigenvalue weighted by molar-refractivity contribution is 0.602. The lowest BCUT2D eigenvalue weighted by atomic mass is 10.2. The molecule has 20 heavy (non-hydrogen) atoms. The molecule has 0 saturated carbocycles. The first-order valence-corrected chi connectivity index (χ1v) is 6.82. The predicted octanol–water partition coefficient (Wildman–Crippen LogP) is 4.40. The molecule has 1 heterocycles. The summed E-state index contributed by atoms with van der Waals surface area (Å²) in [6.07, 6.45) is 0. The summed E-state index contributed by atoms with van der Waals surface area (Å²) < 4.78 is 13.7. The number of nitrogens with zero attached hydrogens (tertiary/aromatic N) is 2. The summed E-state index contributed by atoms with van der Waals surface area (Å²) >= 11 is 1.17. The standard InChI is InChI=1S/C16H9FN2S/c17-13-6-2-4-8-15(13)20-16-12(10-18)9-11-5-1-3-7-14(11)19-16/h1-9H. The normalized spacial score (nSPS) is 10.4. The van der Waals surface area contributed by atoms with Gasteiger partial charge in [0.2, 0.25) is 0 Å². The molecule has 0 aliphatic rings. The molecule has 0 N–H and O–H groups in total. The van der Waals surface area contributed by atoms with Crippen LogP contribution < -0.4 is 0 Å². The SMILES string of the molecule is N#Cc1cc2ccccc2nc1Sc1ccccc1F. The van der Waals surface area contributed by atoms with E-state index in [1.165, 1.54) is 17.8 Å². The number of halogens is 1. The smallest absolute Gasteiger partial charge is 0.137 e. The molecule has 3 aromatic rings. The maximum atomic E-state index is 13.7. The molecule has 0 aliphatic carbocycles. The van der Waals surface area contributed by atoms with Crippen LogP contribution in [0.1, 0.15) is 5.56 Å². The number of pyridine rings is 1. The monoisotopic (exact) mass is 280 g/mol. The maximum Gasteiger partial charge on any atom is 0.137 e. The van der Waals surface area contributed by atoms with Gasteiger partial charge < -0.3 is 0 Å². The van der Waals surface area contributed by atoms with Gasteiger partial charge in [0, 0.05) is 10.3 Å². The van der Waals surface area contributed by atoms with E-state index in [0.29, 0.717) is 15.5 Å². The largest absolute Gasteiger partial charge is 0.240 e. The van der Waals surface area contributed by atoms with Crippen molar-refractivity contribution in [3.63, 3.8) is 0 Å². The zero-order chi connectivity index (χ0) is 13.9. The Kier molecular flexibility index (Phi) is 3.36. The fourth-order valence-electron chi connectivity index (χ4n) is 1.89. The first-order chi connectivity index (χ1) is 9.78. The molecule has 3 rings (SSSR count). The highest BCUT2D eigenvalue weighted by atomic mass is 32.2. The Morgan fingerprint density at radius 3 is 2.60 bits per heavy atom. The number of benzene rings is 2. The van der Waals surface area contributed by atoms with E-state index >= 15 is 0 Å². The topological polar surface area (TPSA) is 36.7 Å². The van der Waals surface area contributed by atoms with Gasteiger partial charge in [0.05, 0.1) is 11.1 Å². The lowest BCUT2D eigenvalue weighted by Crippen LogP contribution is -1.90. The van der Waals surface area contributed by atoms with E-state index in [0.717, 1.165) is 10.9 Å². The van der Waals surface area contributed by atoms with E-state index in [4.69, 9.17) is 0 Å². The van der Waals surface area contributed by atoms with Crippen LogP contribution in [-0.4, -0.2) is 4.98 Å². The van der Waals surface area contributed by atoms with Crippen molar-refractivity contribution in [1.29, 1.82) is 5.26 Å². The first kappa shape index (κ1) is 12.6. The van der Waals surface area contributed by atoms with Gasteiger partial charge in [-0.2, -0.15) is 5.26 Å². The molecule has 0 radical (unpaired) electrons. The summed E-state index contributed by atoms with van der Waals surface area (Å²) in [5.74, 6) is -0.309. The minimum absolute atomic E-state index is 0.309. The molecule has 0 saturated heterocycles.